The SMILES string of the molecule is CCCCCCCCCCCCc1ccc(C(=S)CBr)cc1. The van der Waals surface area contributed by atoms with Crippen molar-refractivity contribution in [3.05, 3.63) is 35.4 Å². The zero-order valence-corrected chi connectivity index (χ0v) is 16.5. The van der Waals surface area contributed by atoms with E-state index in [1.54, 1.807) is 0 Å². The molecule has 0 saturated carbocycles. The van der Waals surface area contributed by atoms with Gasteiger partial charge in [0, 0.05) is 10.2 Å². The Hall–Kier alpha value is -0.210. The Labute approximate surface area is 151 Å². The molecule has 1 aromatic rings. The Kier molecular flexibility index (Phi) is 11.9. The molecule has 0 atom stereocenters. The largest absolute Gasteiger partial charge is 0.0867 e. The third-order valence-electron chi connectivity index (χ3n) is 4.22. The molecule has 0 heterocycles. The second-order valence-corrected chi connectivity index (χ2v) is 7.24. The highest BCUT2D eigenvalue weighted by atomic mass is 79.9. The van der Waals surface area contributed by atoms with E-state index in [0.29, 0.717) is 0 Å². The van der Waals surface area contributed by atoms with Crippen molar-refractivity contribution in [2.24, 2.45) is 0 Å². The minimum atomic E-state index is 0.778. The maximum absolute atomic E-state index is 5.30. The van der Waals surface area contributed by atoms with Crippen molar-refractivity contribution in [1.29, 1.82) is 0 Å². The van der Waals surface area contributed by atoms with E-state index in [-0.39, 0.29) is 0 Å². The lowest BCUT2D eigenvalue weighted by Gasteiger charge is -2.05. The Morgan fingerprint density at radius 3 is 1.82 bits per heavy atom. The summed E-state index contributed by atoms with van der Waals surface area (Å²) >= 11 is 8.72. The molecular formula is C20H31BrS. The Bertz CT molecular complexity index is 397. The summed E-state index contributed by atoms with van der Waals surface area (Å²) in [5.74, 6) is 0. The number of unbranched alkanes of at least 4 members (excludes halogenated alkanes) is 9. The second kappa shape index (κ2) is 13.2. The molecule has 0 amide bonds. The van der Waals surface area contributed by atoms with Crippen molar-refractivity contribution in [3.63, 3.8) is 0 Å². The number of alkyl halides is 1. The number of benzene rings is 1. The summed E-state index contributed by atoms with van der Waals surface area (Å²) in [6.45, 7) is 2.28. The van der Waals surface area contributed by atoms with Crippen LogP contribution in [0.4, 0.5) is 0 Å². The molecule has 0 aromatic heterocycles. The van der Waals surface area contributed by atoms with Gasteiger partial charge >= 0.3 is 0 Å². The van der Waals surface area contributed by atoms with Gasteiger partial charge in [0.2, 0.25) is 0 Å². The second-order valence-electron chi connectivity index (χ2n) is 6.19. The van der Waals surface area contributed by atoms with Crippen LogP contribution in [0.3, 0.4) is 0 Å². The van der Waals surface area contributed by atoms with Gasteiger partial charge in [0.25, 0.3) is 0 Å². The summed E-state index contributed by atoms with van der Waals surface area (Å²) in [6.07, 6.45) is 15.2. The maximum atomic E-state index is 5.30. The Morgan fingerprint density at radius 2 is 1.32 bits per heavy atom. The first kappa shape index (κ1) is 19.8. The van der Waals surface area contributed by atoms with Gasteiger partial charge in [0.1, 0.15) is 0 Å². The summed E-state index contributed by atoms with van der Waals surface area (Å²) < 4.78 is 0. The molecule has 0 radical (unpaired) electrons. The predicted molar refractivity (Wildman–Crippen MR) is 107 cm³/mol. The van der Waals surface area contributed by atoms with Crippen LogP contribution in [0.2, 0.25) is 0 Å². The molecule has 2 heteroatoms. The lowest BCUT2D eigenvalue weighted by Crippen LogP contribution is -1.98. The third kappa shape index (κ3) is 9.05. The average molecular weight is 383 g/mol. The van der Waals surface area contributed by atoms with Gasteiger partial charge in [-0.2, -0.15) is 0 Å². The van der Waals surface area contributed by atoms with Crippen LogP contribution in [0.25, 0.3) is 0 Å². The average Bonchev–Trinajstić information content (AvgIpc) is 2.56. The Morgan fingerprint density at radius 1 is 0.818 bits per heavy atom. The van der Waals surface area contributed by atoms with E-state index < -0.39 is 0 Å². The lowest BCUT2D eigenvalue weighted by atomic mass is 10.0. The minimum absolute atomic E-state index is 0.778. The van der Waals surface area contributed by atoms with E-state index in [4.69, 9.17) is 12.2 Å². The number of hydrogen-bond donors (Lipinski definition) is 0. The van der Waals surface area contributed by atoms with Crippen molar-refractivity contribution in [2.75, 3.05) is 5.33 Å². The van der Waals surface area contributed by atoms with Crippen molar-refractivity contribution < 1.29 is 0 Å². The molecule has 22 heavy (non-hydrogen) atoms. The van der Waals surface area contributed by atoms with E-state index in [1.807, 2.05) is 0 Å². The van der Waals surface area contributed by atoms with Crippen LogP contribution in [-0.2, 0) is 6.42 Å². The number of halogens is 1. The van der Waals surface area contributed by atoms with E-state index >= 15 is 0 Å². The van der Waals surface area contributed by atoms with Crippen LogP contribution in [0.15, 0.2) is 24.3 Å². The van der Waals surface area contributed by atoms with Crippen molar-refractivity contribution in [3.8, 4) is 0 Å². The van der Waals surface area contributed by atoms with E-state index in [1.165, 1.54) is 81.8 Å². The molecular weight excluding hydrogens is 352 g/mol. The van der Waals surface area contributed by atoms with Crippen LogP contribution < -0.4 is 0 Å². The first-order valence-electron chi connectivity index (χ1n) is 8.96. The van der Waals surface area contributed by atoms with Gasteiger partial charge in [-0.05, 0) is 24.0 Å². The monoisotopic (exact) mass is 382 g/mol. The van der Waals surface area contributed by atoms with E-state index in [2.05, 4.69) is 47.1 Å². The molecule has 0 bridgehead atoms. The molecule has 0 spiro atoms. The van der Waals surface area contributed by atoms with Crippen molar-refractivity contribution >= 4 is 33.0 Å². The first-order valence-corrected chi connectivity index (χ1v) is 10.5. The van der Waals surface area contributed by atoms with Crippen molar-refractivity contribution in [2.45, 2.75) is 77.6 Å². The molecule has 1 rings (SSSR count). The predicted octanol–water partition coefficient (Wildman–Crippen LogP) is 7.26. The summed E-state index contributed by atoms with van der Waals surface area (Å²) in [5, 5.41) is 0.778. The summed E-state index contributed by atoms with van der Waals surface area (Å²) in [6, 6.07) is 8.79. The summed E-state index contributed by atoms with van der Waals surface area (Å²) in [7, 11) is 0. The highest BCUT2D eigenvalue weighted by molar-refractivity contribution is 9.09. The van der Waals surface area contributed by atoms with Crippen LogP contribution in [0.5, 0.6) is 0 Å². The first-order chi connectivity index (χ1) is 10.8. The molecule has 0 fully saturated rings. The topological polar surface area (TPSA) is 0 Å². The number of hydrogen-bond acceptors (Lipinski definition) is 1. The zero-order chi connectivity index (χ0) is 16.0. The van der Waals surface area contributed by atoms with Crippen molar-refractivity contribution in [1.82, 2.24) is 0 Å². The van der Waals surface area contributed by atoms with Gasteiger partial charge in [-0.3, -0.25) is 0 Å². The molecule has 0 aliphatic rings. The van der Waals surface area contributed by atoms with Gasteiger partial charge < -0.3 is 0 Å². The molecule has 0 unspecified atom stereocenters. The van der Waals surface area contributed by atoms with Crippen LogP contribution in [-0.4, -0.2) is 10.2 Å². The van der Waals surface area contributed by atoms with Gasteiger partial charge in [-0.25, -0.2) is 0 Å². The third-order valence-corrected chi connectivity index (χ3v) is 5.53. The number of rotatable bonds is 13. The van der Waals surface area contributed by atoms with Gasteiger partial charge in [0.15, 0.2) is 0 Å². The molecule has 1 aromatic carbocycles. The molecule has 0 aliphatic carbocycles. The van der Waals surface area contributed by atoms with Crippen LogP contribution >= 0.6 is 28.1 Å². The summed E-state index contributed by atoms with van der Waals surface area (Å²) in [5.41, 5.74) is 2.62. The fraction of sp³-hybridized carbons (Fsp3) is 0.650. The summed E-state index contributed by atoms with van der Waals surface area (Å²) in [4.78, 5) is 0.991. The smallest absolute Gasteiger partial charge is 0.0391 e. The quantitative estimate of drug-likeness (QED) is 0.149. The van der Waals surface area contributed by atoms with E-state index in [0.717, 1.165) is 10.2 Å². The highest BCUT2D eigenvalue weighted by Crippen LogP contribution is 2.13. The standard InChI is InChI=1S/C20H31BrS/c1-2-3-4-5-6-7-8-9-10-11-12-18-13-15-19(16-14-18)20(22)17-21/h13-16H,2-12,17H2,1H3. The molecule has 0 N–H and O–H groups in total. The Balaban J connectivity index is 2.01. The molecule has 0 aliphatic heterocycles. The molecule has 124 valence electrons. The van der Waals surface area contributed by atoms with Crippen LogP contribution in [0, 0.1) is 0 Å². The van der Waals surface area contributed by atoms with E-state index in [9.17, 15) is 0 Å². The molecule has 0 nitrogen and oxygen atoms in total. The number of aryl methyl sites for hydroxylation is 1. The highest BCUT2D eigenvalue weighted by Gasteiger charge is 2.00. The fourth-order valence-corrected chi connectivity index (χ4v) is 3.21. The molecule has 0 saturated heterocycles. The fourth-order valence-electron chi connectivity index (χ4n) is 2.75. The maximum Gasteiger partial charge on any atom is 0.0391 e. The van der Waals surface area contributed by atoms with Gasteiger partial charge in [-0.15, -0.1) is 0 Å². The normalized spacial score (nSPS) is 10.8. The van der Waals surface area contributed by atoms with Crippen LogP contribution in [0.1, 0.15) is 82.3 Å². The minimum Gasteiger partial charge on any atom is -0.0867 e. The van der Waals surface area contributed by atoms with Gasteiger partial charge in [0.05, 0.1) is 0 Å². The lowest BCUT2D eigenvalue weighted by molar-refractivity contribution is 0.556. The number of thiocarbonyl (C=S) groups is 1. The van der Waals surface area contributed by atoms with Gasteiger partial charge in [-0.1, -0.05) is 117 Å². The zero-order valence-electron chi connectivity index (χ0n) is 14.1.